The molecule has 114 valence electrons. The van der Waals surface area contributed by atoms with Crippen LogP contribution in [0.4, 0.5) is 0 Å². The zero-order valence-electron chi connectivity index (χ0n) is 12.1. The molecule has 0 amide bonds. The van der Waals surface area contributed by atoms with Crippen LogP contribution >= 0.6 is 23.4 Å². The number of H-pyrrole nitrogens is 1. The number of hydrogen-bond donors (Lipinski definition) is 2. The van der Waals surface area contributed by atoms with Gasteiger partial charge in [0.15, 0.2) is 5.16 Å². The number of nitrogens with zero attached hydrogens (tertiary/aromatic N) is 2. The zero-order valence-corrected chi connectivity index (χ0v) is 13.7. The molecule has 2 rings (SSSR count). The molecule has 1 unspecified atom stereocenters. The topological polar surface area (TPSA) is 76.7 Å². The molecule has 0 saturated heterocycles. The first kappa shape index (κ1) is 16.1. The van der Waals surface area contributed by atoms with Crippen LogP contribution in [0.3, 0.4) is 0 Å². The fourth-order valence-electron chi connectivity index (χ4n) is 2.03. The normalized spacial score (nSPS) is 12.6. The summed E-state index contributed by atoms with van der Waals surface area (Å²) in [4.78, 5) is 12.5. The van der Waals surface area contributed by atoms with E-state index in [1.807, 2.05) is 32.0 Å². The van der Waals surface area contributed by atoms with Crippen molar-refractivity contribution in [2.24, 2.45) is 5.73 Å². The van der Waals surface area contributed by atoms with Crippen molar-refractivity contribution in [1.29, 1.82) is 0 Å². The Labute approximate surface area is 132 Å². The maximum Gasteiger partial charge on any atom is 0.343 e. The van der Waals surface area contributed by atoms with Gasteiger partial charge in [0.2, 0.25) is 0 Å². The summed E-state index contributed by atoms with van der Waals surface area (Å²) in [6.45, 7) is 4.62. The summed E-state index contributed by atoms with van der Waals surface area (Å²) in [6.07, 6.45) is 1.65. The number of aromatic nitrogens is 3. The van der Waals surface area contributed by atoms with E-state index >= 15 is 0 Å². The summed E-state index contributed by atoms with van der Waals surface area (Å²) in [5.41, 5.74) is 6.70. The first-order valence-electron chi connectivity index (χ1n) is 6.88. The summed E-state index contributed by atoms with van der Waals surface area (Å²) in [5.74, 6) is 0. The van der Waals surface area contributed by atoms with E-state index in [1.165, 1.54) is 11.8 Å². The lowest BCUT2D eigenvalue weighted by Crippen LogP contribution is -2.17. The molecule has 0 aliphatic rings. The molecule has 0 bridgehead atoms. The maximum absolute atomic E-state index is 11.7. The summed E-state index contributed by atoms with van der Waals surface area (Å²) in [6, 6.07) is 5.97. The van der Waals surface area contributed by atoms with Crippen molar-refractivity contribution in [3.63, 3.8) is 0 Å². The first-order chi connectivity index (χ1) is 10.0. The highest BCUT2D eigenvalue weighted by molar-refractivity contribution is 7.99. The highest BCUT2D eigenvalue weighted by atomic mass is 35.5. The minimum absolute atomic E-state index is 0.0978. The molecule has 0 spiro atoms. The molecule has 2 aromatic rings. The fourth-order valence-corrected chi connectivity index (χ4v) is 3.21. The Kier molecular flexibility index (Phi) is 5.50. The Morgan fingerprint density at radius 3 is 2.90 bits per heavy atom. The van der Waals surface area contributed by atoms with E-state index in [0.717, 1.165) is 23.3 Å². The van der Waals surface area contributed by atoms with E-state index in [1.54, 1.807) is 4.57 Å². The lowest BCUT2D eigenvalue weighted by molar-refractivity contribution is 0.604. The monoisotopic (exact) mass is 326 g/mol. The second-order valence-corrected chi connectivity index (χ2v) is 6.43. The van der Waals surface area contributed by atoms with Crippen LogP contribution < -0.4 is 11.4 Å². The fraction of sp³-hybridized carbons (Fsp3) is 0.429. The quantitative estimate of drug-likeness (QED) is 0.855. The Balaban J connectivity index is 2.22. The van der Waals surface area contributed by atoms with Gasteiger partial charge in [0.1, 0.15) is 0 Å². The summed E-state index contributed by atoms with van der Waals surface area (Å²) >= 11 is 7.70. The van der Waals surface area contributed by atoms with Crippen LogP contribution in [-0.4, -0.2) is 20.8 Å². The molecule has 0 aliphatic carbocycles. The Morgan fingerprint density at radius 1 is 1.52 bits per heavy atom. The van der Waals surface area contributed by atoms with Crippen LogP contribution in [0.1, 0.15) is 25.8 Å². The summed E-state index contributed by atoms with van der Waals surface area (Å²) in [7, 11) is 0. The van der Waals surface area contributed by atoms with Gasteiger partial charge in [-0.05, 0) is 49.2 Å². The molecule has 21 heavy (non-hydrogen) atoms. The molecule has 0 saturated carbocycles. The largest absolute Gasteiger partial charge is 0.343 e. The Hall–Kier alpha value is -1.24. The molecule has 0 radical (unpaired) electrons. The van der Waals surface area contributed by atoms with Gasteiger partial charge in [-0.1, -0.05) is 24.6 Å². The zero-order chi connectivity index (χ0) is 15.4. The number of nitrogens with one attached hydrogen (secondary N) is 1. The number of halogens is 1. The van der Waals surface area contributed by atoms with Gasteiger partial charge in [-0.3, -0.25) is 4.57 Å². The maximum atomic E-state index is 11.7. The van der Waals surface area contributed by atoms with E-state index in [9.17, 15) is 4.79 Å². The van der Waals surface area contributed by atoms with Crippen LogP contribution in [0, 0.1) is 0 Å². The van der Waals surface area contributed by atoms with Crippen molar-refractivity contribution >= 4 is 23.4 Å². The SMILES string of the molecule is CCCn1c(Sc2ccc(CC(C)N)cc2Cl)n[nH]c1=O. The third kappa shape index (κ3) is 4.12. The number of aromatic amines is 1. The highest BCUT2D eigenvalue weighted by Crippen LogP contribution is 2.32. The number of benzene rings is 1. The molecule has 3 N–H and O–H groups in total. The highest BCUT2D eigenvalue weighted by Gasteiger charge is 2.12. The van der Waals surface area contributed by atoms with Crippen molar-refractivity contribution in [2.75, 3.05) is 0 Å². The minimum atomic E-state index is -0.191. The van der Waals surface area contributed by atoms with Gasteiger partial charge in [-0.25, -0.2) is 9.89 Å². The molecule has 1 atom stereocenters. The van der Waals surface area contributed by atoms with Crippen molar-refractivity contribution in [3.8, 4) is 0 Å². The molecular formula is C14H19ClN4OS. The van der Waals surface area contributed by atoms with Crippen LogP contribution in [0.15, 0.2) is 33.0 Å². The van der Waals surface area contributed by atoms with Crippen LogP contribution in [0.25, 0.3) is 0 Å². The van der Waals surface area contributed by atoms with E-state index in [2.05, 4.69) is 10.2 Å². The van der Waals surface area contributed by atoms with Crippen molar-refractivity contribution in [1.82, 2.24) is 14.8 Å². The lowest BCUT2D eigenvalue weighted by atomic mass is 10.1. The van der Waals surface area contributed by atoms with E-state index in [-0.39, 0.29) is 11.7 Å². The number of hydrogen-bond acceptors (Lipinski definition) is 4. The second kappa shape index (κ2) is 7.15. The molecule has 0 fully saturated rings. The predicted octanol–water partition coefficient (Wildman–Crippen LogP) is 2.68. The summed E-state index contributed by atoms with van der Waals surface area (Å²) < 4.78 is 1.62. The third-order valence-corrected chi connectivity index (χ3v) is 4.42. The summed E-state index contributed by atoms with van der Waals surface area (Å²) in [5, 5.41) is 7.81. The van der Waals surface area contributed by atoms with Gasteiger partial charge >= 0.3 is 5.69 Å². The number of rotatable bonds is 6. The standard InChI is InChI=1S/C14H19ClN4OS/c1-3-6-19-13(20)17-18-14(19)21-12-5-4-10(7-9(2)16)8-11(12)15/h4-5,8-9H,3,6-7,16H2,1-2H3,(H,17,20). The van der Waals surface area contributed by atoms with Crippen molar-refractivity contribution < 1.29 is 0 Å². The molecule has 7 heteroatoms. The molecule has 1 heterocycles. The van der Waals surface area contributed by atoms with E-state index < -0.39 is 0 Å². The molecule has 1 aromatic carbocycles. The second-order valence-electron chi connectivity index (χ2n) is 5.01. The van der Waals surface area contributed by atoms with Gasteiger partial charge in [0, 0.05) is 17.5 Å². The van der Waals surface area contributed by atoms with E-state index in [0.29, 0.717) is 16.7 Å². The predicted molar refractivity (Wildman–Crippen MR) is 86.1 cm³/mol. The molecule has 5 nitrogen and oxygen atoms in total. The van der Waals surface area contributed by atoms with Gasteiger partial charge in [0.25, 0.3) is 0 Å². The van der Waals surface area contributed by atoms with Gasteiger partial charge in [0.05, 0.1) is 5.02 Å². The smallest absolute Gasteiger partial charge is 0.328 e. The van der Waals surface area contributed by atoms with Gasteiger partial charge in [-0.15, -0.1) is 5.10 Å². The van der Waals surface area contributed by atoms with Crippen LogP contribution in [0.2, 0.25) is 5.02 Å². The van der Waals surface area contributed by atoms with E-state index in [4.69, 9.17) is 17.3 Å². The Morgan fingerprint density at radius 2 is 2.29 bits per heavy atom. The van der Waals surface area contributed by atoms with Crippen LogP contribution in [-0.2, 0) is 13.0 Å². The first-order valence-corrected chi connectivity index (χ1v) is 8.07. The Bertz CT molecular complexity index is 665. The lowest BCUT2D eigenvalue weighted by Gasteiger charge is -2.09. The minimum Gasteiger partial charge on any atom is -0.328 e. The van der Waals surface area contributed by atoms with Gasteiger partial charge in [-0.2, -0.15) is 0 Å². The molecule has 0 aliphatic heterocycles. The van der Waals surface area contributed by atoms with Crippen molar-refractivity contribution in [3.05, 3.63) is 39.3 Å². The van der Waals surface area contributed by atoms with Crippen molar-refractivity contribution in [2.45, 2.75) is 49.3 Å². The van der Waals surface area contributed by atoms with Gasteiger partial charge < -0.3 is 5.73 Å². The average Bonchev–Trinajstić information content (AvgIpc) is 2.74. The van der Waals surface area contributed by atoms with Crippen LogP contribution in [0.5, 0.6) is 0 Å². The average molecular weight is 327 g/mol. The molecule has 1 aromatic heterocycles. The molecular weight excluding hydrogens is 308 g/mol. The third-order valence-electron chi connectivity index (χ3n) is 2.93. The number of nitrogens with two attached hydrogens (primary N) is 1.